The van der Waals surface area contributed by atoms with Gasteiger partial charge in [-0.15, -0.1) is 0 Å². The SMILES string of the molecule is c1ccc(-c2ncnc3oc4ccc(-c5cccc6c5-c5ccccc5C65c6ccccc6-c6ccccc65)cc4c23)cc1. The third-order valence-electron chi connectivity index (χ3n) is 9.65. The van der Waals surface area contributed by atoms with Gasteiger partial charge < -0.3 is 4.42 Å². The molecule has 0 aliphatic heterocycles. The van der Waals surface area contributed by atoms with Crippen LogP contribution in [0.5, 0.6) is 0 Å². The Balaban J connectivity index is 1.28. The Morgan fingerprint density at radius 2 is 1.09 bits per heavy atom. The smallest absolute Gasteiger partial charge is 0.230 e. The van der Waals surface area contributed by atoms with Crippen LogP contribution in [0, 0.1) is 0 Å². The second kappa shape index (κ2) is 8.62. The van der Waals surface area contributed by atoms with Crippen LogP contribution in [0.1, 0.15) is 22.3 Å². The second-order valence-corrected chi connectivity index (χ2v) is 11.7. The summed E-state index contributed by atoms with van der Waals surface area (Å²) in [6, 6.07) is 50.5. The number of fused-ring (bicyclic) bond motifs is 13. The zero-order valence-corrected chi connectivity index (χ0v) is 23.7. The molecule has 0 bridgehead atoms. The van der Waals surface area contributed by atoms with Gasteiger partial charge in [0.1, 0.15) is 11.9 Å². The van der Waals surface area contributed by atoms with Crippen LogP contribution in [0.4, 0.5) is 0 Å². The number of hydrogen-bond donors (Lipinski definition) is 0. The van der Waals surface area contributed by atoms with Crippen LogP contribution in [0.2, 0.25) is 0 Å². The molecule has 0 saturated carbocycles. The van der Waals surface area contributed by atoms with E-state index in [9.17, 15) is 0 Å². The standard InChI is InChI=1S/C41H24N2O/c1-2-11-25(12-3-1)39-38-31-23-26(21-22-36(31)44-40(38)43-24-42-39)27-16-10-20-35-37(27)30-15-6-9-19-34(30)41(35)32-17-7-4-13-28(32)29-14-5-8-18-33(29)41/h1-24H. The number of benzene rings is 6. The number of hydrogen-bond acceptors (Lipinski definition) is 3. The van der Waals surface area contributed by atoms with Crippen molar-refractivity contribution in [2.45, 2.75) is 5.41 Å². The molecule has 0 atom stereocenters. The Hall–Kier alpha value is -5.80. The fourth-order valence-corrected chi connectivity index (χ4v) is 7.97. The molecule has 0 unspecified atom stereocenters. The molecule has 8 aromatic rings. The molecule has 0 amide bonds. The quantitative estimate of drug-likeness (QED) is 0.211. The highest BCUT2D eigenvalue weighted by molar-refractivity contribution is 6.11. The van der Waals surface area contributed by atoms with Gasteiger partial charge in [0.15, 0.2) is 0 Å². The highest BCUT2D eigenvalue weighted by Gasteiger charge is 2.51. The van der Waals surface area contributed by atoms with Gasteiger partial charge in [0.25, 0.3) is 0 Å². The Kier molecular flexibility index (Phi) is 4.65. The predicted octanol–water partition coefficient (Wildman–Crippen LogP) is 10.1. The van der Waals surface area contributed by atoms with Gasteiger partial charge in [-0.3, -0.25) is 0 Å². The van der Waals surface area contributed by atoms with E-state index in [2.05, 4.69) is 126 Å². The lowest BCUT2D eigenvalue weighted by atomic mass is 9.70. The third-order valence-corrected chi connectivity index (χ3v) is 9.65. The van der Waals surface area contributed by atoms with E-state index in [1.165, 1.54) is 50.1 Å². The maximum atomic E-state index is 6.26. The van der Waals surface area contributed by atoms with Crippen molar-refractivity contribution in [2.75, 3.05) is 0 Å². The first-order valence-electron chi connectivity index (χ1n) is 15.0. The summed E-state index contributed by atoms with van der Waals surface area (Å²) >= 11 is 0. The lowest BCUT2D eigenvalue weighted by Crippen LogP contribution is -2.25. The van der Waals surface area contributed by atoms with Crippen molar-refractivity contribution in [3.8, 4) is 44.6 Å². The van der Waals surface area contributed by atoms with Gasteiger partial charge in [-0.1, -0.05) is 127 Å². The van der Waals surface area contributed by atoms with Crippen molar-refractivity contribution < 1.29 is 4.42 Å². The summed E-state index contributed by atoms with van der Waals surface area (Å²) in [5.41, 5.74) is 15.9. The fraction of sp³-hybridized carbons (Fsp3) is 0.0244. The molecule has 3 heteroatoms. The summed E-state index contributed by atoms with van der Waals surface area (Å²) in [7, 11) is 0. The molecule has 0 radical (unpaired) electrons. The average molecular weight is 561 g/mol. The largest absolute Gasteiger partial charge is 0.438 e. The summed E-state index contributed by atoms with van der Waals surface area (Å²) in [5, 5.41) is 1.96. The normalized spacial score (nSPS) is 13.6. The van der Waals surface area contributed by atoms with Crippen LogP contribution in [0.15, 0.2) is 150 Å². The molecule has 204 valence electrons. The minimum absolute atomic E-state index is 0.365. The van der Waals surface area contributed by atoms with Crippen molar-refractivity contribution in [3.05, 3.63) is 168 Å². The molecular formula is C41H24N2O. The summed E-state index contributed by atoms with van der Waals surface area (Å²) in [5.74, 6) is 0. The van der Waals surface area contributed by atoms with E-state index < -0.39 is 0 Å². The van der Waals surface area contributed by atoms with Gasteiger partial charge in [0.05, 0.1) is 16.5 Å². The Bertz CT molecular complexity index is 2410. The maximum absolute atomic E-state index is 6.26. The van der Waals surface area contributed by atoms with E-state index in [4.69, 9.17) is 9.40 Å². The number of furan rings is 1. The van der Waals surface area contributed by atoms with E-state index in [-0.39, 0.29) is 5.41 Å². The first kappa shape index (κ1) is 23.7. The zero-order chi connectivity index (χ0) is 28.8. The Morgan fingerprint density at radius 3 is 1.84 bits per heavy atom. The van der Waals surface area contributed by atoms with E-state index in [0.29, 0.717) is 5.71 Å². The van der Waals surface area contributed by atoms with Gasteiger partial charge in [-0.2, -0.15) is 0 Å². The molecular weight excluding hydrogens is 536 g/mol. The first-order valence-corrected chi connectivity index (χ1v) is 15.0. The summed E-state index contributed by atoms with van der Waals surface area (Å²) in [6.45, 7) is 0. The topological polar surface area (TPSA) is 38.9 Å². The van der Waals surface area contributed by atoms with Crippen LogP contribution >= 0.6 is 0 Å². The van der Waals surface area contributed by atoms with E-state index in [0.717, 1.165) is 33.2 Å². The molecule has 44 heavy (non-hydrogen) atoms. The van der Waals surface area contributed by atoms with Crippen molar-refractivity contribution in [1.82, 2.24) is 9.97 Å². The average Bonchev–Trinajstić information content (AvgIpc) is 3.72. The molecule has 2 heterocycles. The van der Waals surface area contributed by atoms with Gasteiger partial charge in [0.2, 0.25) is 5.71 Å². The van der Waals surface area contributed by atoms with Gasteiger partial charge in [0, 0.05) is 10.9 Å². The lowest BCUT2D eigenvalue weighted by Gasteiger charge is -2.30. The highest BCUT2D eigenvalue weighted by atomic mass is 16.3. The predicted molar refractivity (Wildman–Crippen MR) is 176 cm³/mol. The number of aromatic nitrogens is 2. The lowest BCUT2D eigenvalue weighted by molar-refractivity contribution is 0.653. The van der Waals surface area contributed by atoms with E-state index in [1.807, 2.05) is 18.2 Å². The van der Waals surface area contributed by atoms with Crippen LogP contribution < -0.4 is 0 Å². The summed E-state index contributed by atoms with van der Waals surface area (Å²) < 4.78 is 6.26. The van der Waals surface area contributed by atoms with Crippen LogP contribution in [-0.4, -0.2) is 9.97 Å². The van der Waals surface area contributed by atoms with Gasteiger partial charge >= 0.3 is 0 Å². The Morgan fingerprint density at radius 1 is 0.477 bits per heavy atom. The molecule has 2 aliphatic rings. The zero-order valence-electron chi connectivity index (χ0n) is 23.7. The van der Waals surface area contributed by atoms with Crippen LogP contribution in [0.3, 0.4) is 0 Å². The number of nitrogens with zero attached hydrogens (tertiary/aromatic N) is 2. The molecule has 0 saturated heterocycles. The molecule has 2 aromatic heterocycles. The summed E-state index contributed by atoms with van der Waals surface area (Å²) in [4.78, 5) is 9.22. The van der Waals surface area contributed by atoms with Crippen LogP contribution in [0.25, 0.3) is 66.7 Å². The van der Waals surface area contributed by atoms with E-state index >= 15 is 0 Å². The maximum Gasteiger partial charge on any atom is 0.230 e. The van der Waals surface area contributed by atoms with E-state index in [1.54, 1.807) is 6.33 Å². The van der Waals surface area contributed by atoms with Crippen molar-refractivity contribution in [3.63, 3.8) is 0 Å². The fourth-order valence-electron chi connectivity index (χ4n) is 7.97. The number of rotatable bonds is 2. The van der Waals surface area contributed by atoms with Crippen molar-refractivity contribution >= 4 is 22.1 Å². The summed E-state index contributed by atoms with van der Waals surface area (Å²) in [6.07, 6.45) is 1.59. The molecule has 0 fully saturated rings. The molecule has 2 aliphatic carbocycles. The van der Waals surface area contributed by atoms with Crippen LogP contribution in [-0.2, 0) is 5.41 Å². The van der Waals surface area contributed by atoms with Crippen molar-refractivity contribution in [2.24, 2.45) is 0 Å². The monoisotopic (exact) mass is 560 g/mol. The Labute approximate surface area is 254 Å². The molecule has 6 aromatic carbocycles. The molecule has 1 spiro atoms. The minimum Gasteiger partial charge on any atom is -0.438 e. The molecule has 0 N–H and O–H groups in total. The van der Waals surface area contributed by atoms with Gasteiger partial charge in [-0.25, -0.2) is 9.97 Å². The van der Waals surface area contributed by atoms with Gasteiger partial charge in [-0.05, 0) is 67.8 Å². The molecule has 3 nitrogen and oxygen atoms in total. The highest BCUT2D eigenvalue weighted by Crippen LogP contribution is 2.63. The third kappa shape index (κ3) is 2.91. The second-order valence-electron chi connectivity index (χ2n) is 11.7. The van der Waals surface area contributed by atoms with Crippen molar-refractivity contribution in [1.29, 1.82) is 0 Å². The first-order chi connectivity index (χ1) is 21.8. The molecule has 10 rings (SSSR count). The minimum atomic E-state index is -0.365.